The summed E-state index contributed by atoms with van der Waals surface area (Å²) in [6, 6.07) is 4.66. The SMILES string of the molecule is CC1(C)OB(/C=C/c2cc([C@H]3CN3)ccn2)OC1(C)C. The van der Waals surface area contributed by atoms with Crippen LogP contribution < -0.4 is 5.32 Å². The molecule has 0 aliphatic carbocycles. The lowest BCUT2D eigenvalue weighted by molar-refractivity contribution is 0.00578. The molecule has 1 N–H and O–H groups in total. The van der Waals surface area contributed by atoms with E-state index in [1.165, 1.54) is 5.56 Å². The fraction of sp³-hybridized carbons (Fsp3) is 0.533. The molecule has 4 nitrogen and oxygen atoms in total. The van der Waals surface area contributed by atoms with Crippen LogP contribution in [0.4, 0.5) is 0 Å². The van der Waals surface area contributed by atoms with Crippen molar-refractivity contribution in [2.24, 2.45) is 0 Å². The molecule has 3 rings (SSSR count). The highest BCUT2D eigenvalue weighted by molar-refractivity contribution is 6.52. The first-order valence-electron chi connectivity index (χ1n) is 7.11. The molecular weight excluding hydrogens is 251 g/mol. The van der Waals surface area contributed by atoms with E-state index in [4.69, 9.17) is 9.31 Å². The Labute approximate surface area is 120 Å². The van der Waals surface area contributed by atoms with Crippen LogP contribution in [-0.2, 0) is 9.31 Å². The molecule has 5 heteroatoms. The van der Waals surface area contributed by atoms with Gasteiger partial charge in [-0.15, -0.1) is 0 Å². The Balaban J connectivity index is 1.70. The summed E-state index contributed by atoms with van der Waals surface area (Å²) in [6.07, 6.45) is 3.81. The quantitative estimate of drug-likeness (QED) is 0.678. The maximum atomic E-state index is 5.93. The van der Waals surface area contributed by atoms with Crippen molar-refractivity contribution in [2.75, 3.05) is 6.54 Å². The van der Waals surface area contributed by atoms with Gasteiger partial charge in [0.05, 0.1) is 16.9 Å². The number of pyridine rings is 1. The molecule has 0 bridgehead atoms. The lowest BCUT2D eigenvalue weighted by Gasteiger charge is -2.32. The molecule has 1 aromatic heterocycles. The molecule has 0 aromatic carbocycles. The Hall–Kier alpha value is -1.17. The molecule has 2 aliphatic rings. The molecule has 0 amide bonds. The van der Waals surface area contributed by atoms with Crippen LogP contribution in [0, 0.1) is 0 Å². The average molecular weight is 272 g/mol. The van der Waals surface area contributed by atoms with Crippen molar-refractivity contribution in [1.82, 2.24) is 10.3 Å². The maximum absolute atomic E-state index is 5.93. The predicted molar refractivity (Wildman–Crippen MR) is 80.1 cm³/mol. The monoisotopic (exact) mass is 272 g/mol. The van der Waals surface area contributed by atoms with E-state index >= 15 is 0 Å². The van der Waals surface area contributed by atoms with Gasteiger partial charge in [0.15, 0.2) is 0 Å². The van der Waals surface area contributed by atoms with Gasteiger partial charge in [0.25, 0.3) is 0 Å². The Bertz CT molecular complexity index is 522. The van der Waals surface area contributed by atoms with Gasteiger partial charge in [-0.2, -0.15) is 0 Å². The van der Waals surface area contributed by atoms with Crippen LogP contribution in [0.15, 0.2) is 24.3 Å². The van der Waals surface area contributed by atoms with Gasteiger partial charge in [-0.05, 0) is 51.5 Å². The number of nitrogens with one attached hydrogen (secondary N) is 1. The molecule has 2 fully saturated rings. The second-order valence-electron chi connectivity index (χ2n) is 6.46. The maximum Gasteiger partial charge on any atom is 0.487 e. The van der Waals surface area contributed by atoms with E-state index in [1.807, 2.05) is 18.2 Å². The molecule has 20 heavy (non-hydrogen) atoms. The van der Waals surface area contributed by atoms with Gasteiger partial charge in [0.2, 0.25) is 0 Å². The summed E-state index contributed by atoms with van der Waals surface area (Å²) in [5.74, 6) is 1.93. The van der Waals surface area contributed by atoms with Crippen molar-refractivity contribution in [3.63, 3.8) is 0 Å². The van der Waals surface area contributed by atoms with Crippen molar-refractivity contribution >= 4 is 13.2 Å². The van der Waals surface area contributed by atoms with Crippen molar-refractivity contribution in [3.05, 3.63) is 35.6 Å². The molecule has 0 spiro atoms. The fourth-order valence-corrected chi connectivity index (χ4v) is 2.21. The van der Waals surface area contributed by atoms with Gasteiger partial charge < -0.3 is 14.6 Å². The van der Waals surface area contributed by atoms with Gasteiger partial charge in [0.1, 0.15) is 0 Å². The van der Waals surface area contributed by atoms with E-state index in [2.05, 4.69) is 50.1 Å². The Morgan fingerprint density at radius 3 is 2.55 bits per heavy atom. The first-order valence-corrected chi connectivity index (χ1v) is 7.11. The summed E-state index contributed by atoms with van der Waals surface area (Å²) in [7, 11) is -0.315. The number of hydrogen-bond acceptors (Lipinski definition) is 4. The van der Waals surface area contributed by atoms with Crippen molar-refractivity contribution < 1.29 is 9.31 Å². The zero-order valence-electron chi connectivity index (χ0n) is 12.5. The van der Waals surface area contributed by atoms with Crippen LogP contribution in [0.2, 0.25) is 0 Å². The normalized spacial score (nSPS) is 27.2. The standard InChI is InChI=1S/C15H21BN2O2/c1-14(2)15(3,4)20-16(19-14)7-5-12-9-11(6-8-17-12)13-10-18-13/h5-9,13,18H,10H2,1-4H3/b7-5+/t13-/m1/s1. The summed E-state index contributed by atoms with van der Waals surface area (Å²) < 4.78 is 11.9. The lowest BCUT2D eigenvalue weighted by Crippen LogP contribution is -2.41. The average Bonchev–Trinajstić information content (AvgIpc) is 3.16. The van der Waals surface area contributed by atoms with Gasteiger partial charge in [0, 0.05) is 18.8 Å². The highest BCUT2D eigenvalue weighted by Gasteiger charge is 2.50. The van der Waals surface area contributed by atoms with Crippen LogP contribution in [0.5, 0.6) is 0 Å². The highest BCUT2D eigenvalue weighted by Crippen LogP contribution is 2.37. The second-order valence-corrected chi connectivity index (χ2v) is 6.46. The minimum atomic E-state index is -0.315. The predicted octanol–water partition coefficient (Wildman–Crippen LogP) is 2.37. The van der Waals surface area contributed by atoms with Crippen molar-refractivity contribution in [3.8, 4) is 0 Å². The number of rotatable bonds is 3. The zero-order chi connectivity index (χ0) is 14.4. The summed E-state index contributed by atoms with van der Waals surface area (Å²) >= 11 is 0. The molecule has 0 saturated carbocycles. The third-order valence-electron chi connectivity index (χ3n) is 4.31. The molecule has 1 aromatic rings. The Morgan fingerprint density at radius 2 is 1.95 bits per heavy atom. The summed E-state index contributed by atoms with van der Waals surface area (Å²) in [4.78, 5) is 4.36. The minimum absolute atomic E-state index is 0.296. The molecule has 3 heterocycles. The largest absolute Gasteiger partial charge is 0.487 e. The van der Waals surface area contributed by atoms with E-state index < -0.39 is 0 Å². The van der Waals surface area contributed by atoms with Crippen LogP contribution in [0.1, 0.15) is 45.0 Å². The van der Waals surface area contributed by atoms with Crippen LogP contribution in [0.3, 0.4) is 0 Å². The topological polar surface area (TPSA) is 53.3 Å². The van der Waals surface area contributed by atoms with Crippen LogP contribution in [-0.4, -0.2) is 29.8 Å². The molecule has 0 radical (unpaired) electrons. The lowest BCUT2D eigenvalue weighted by atomic mass is 9.89. The first kappa shape index (κ1) is 13.8. The molecule has 0 unspecified atom stereocenters. The Kier molecular flexibility index (Phi) is 3.24. The highest BCUT2D eigenvalue weighted by atomic mass is 16.7. The third kappa shape index (κ3) is 2.66. The van der Waals surface area contributed by atoms with Gasteiger partial charge in [-0.1, -0.05) is 5.98 Å². The van der Waals surface area contributed by atoms with Crippen LogP contribution >= 0.6 is 0 Å². The molecular formula is C15H21BN2O2. The molecule has 106 valence electrons. The minimum Gasteiger partial charge on any atom is -0.400 e. The first-order chi connectivity index (χ1) is 9.37. The van der Waals surface area contributed by atoms with E-state index in [9.17, 15) is 0 Å². The van der Waals surface area contributed by atoms with Gasteiger partial charge in [-0.3, -0.25) is 4.98 Å². The number of hydrogen-bond donors (Lipinski definition) is 1. The van der Waals surface area contributed by atoms with Crippen molar-refractivity contribution in [1.29, 1.82) is 0 Å². The zero-order valence-corrected chi connectivity index (χ0v) is 12.5. The number of aromatic nitrogens is 1. The summed E-state index contributed by atoms with van der Waals surface area (Å²) in [6.45, 7) is 9.28. The molecule has 2 aliphatic heterocycles. The molecule has 1 atom stereocenters. The third-order valence-corrected chi connectivity index (χ3v) is 4.31. The Morgan fingerprint density at radius 1 is 1.30 bits per heavy atom. The molecule has 2 saturated heterocycles. The number of nitrogens with zero attached hydrogens (tertiary/aromatic N) is 1. The van der Waals surface area contributed by atoms with Crippen molar-refractivity contribution in [2.45, 2.75) is 44.9 Å². The van der Waals surface area contributed by atoms with E-state index in [1.54, 1.807) is 0 Å². The van der Waals surface area contributed by atoms with E-state index in [-0.39, 0.29) is 18.3 Å². The van der Waals surface area contributed by atoms with Gasteiger partial charge >= 0.3 is 7.12 Å². The van der Waals surface area contributed by atoms with Crippen LogP contribution in [0.25, 0.3) is 6.08 Å². The smallest absolute Gasteiger partial charge is 0.400 e. The van der Waals surface area contributed by atoms with E-state index in [0.717, 1.165) is 12.2 Å². The second kappa shape index (κ2) is 4.69. The van der Waals surface area contributed by atoms with E-state index in [0.29, 0.717) is 6.04 Å². The summed E-state index contributed by atoms with van der Waals surface area (Å²) in [5.41, 5.74) is 1.63. The fourth-order valence-electron chi connectivity index (χ4n) is 2.21. The van der Waals surface area contributed by atoms with Gasteiger partial charge in [-0.25, -0.2) is 0 Å². The summed E-state index contributed by atoms with van der Waals surface area (Å²) in [5, 5.41) is 3.30.